The highest BCUT2D eigenvalue weighted by molar-refractivity contribution is 7.90. The number of nitrogens with one attached hydrogen (secondary N) is 1. The number of rotatable bonds is 7. The molecule has 0 heterocycles. The fourth-order valence-corrected chi connectivity index (χ4v) is 3.45. The van der Waals surface area contributed by atoms with Crippen LogP contribution in [0.1, 0.15) is 12.5 Å². The van der Waals surface area contributed by atoms with Crippen LogP contribution < -0.4 is 10.1 Å². The van der Waals surface area contributed by atoms with Crippen molar-refractivity contribution >= 4 is 32.2 Å². The third kappa shape index (κ3) is 5.33. The lowest BCUT2D eigenvalue weighted by Crippen LogP contribution is -2.30. The van der Waals surface area contributed by atoms with E-state index in [0.29, 0.717) is 17.9 Å². The Labute approximate surface area is 165 Å². The molecule has 0 spiro atoms. The normalized spacial score (nSPS) is 12.5. The van der Waals surface area contributed by atoms with Gasteiger partial charge in [0.15, 0.2) is 6.10 Å². The number of sulfone groups is 1. The Kier molecular flexibility index (Phi) is 5.99. The molecule has 0 radical (unpaired) electrons. The minimum atomic E-state index is -2.99. The van der Waals surface area contributed by atoms with E-state index >= 15 is 0 Å². The monoisotopic (exact) mass is 397 g/mol. The van der Waals surface area contributed by atoms with Gasteiger partial charge in [0.05, 0.1) is 5.75 Å². The number of ether oxygens (including phenoxy) is 1. The summed E-state index contributed by atoms with van der Waals surface area (Å²) < 4.78 is 28.4. The third-order valence-corrected chi connectivity index (χ3v) is 5.35. The number of hydrogen-bond acceptors (Lipinski definition) is 4. The highest BCUT2D eigenvalue weighted by Gasteiger charge is 2.16. The van der Waals surface area contributed by atoms with Crippen molar-refractivity contribution in [1.82, 2.24) is 0 Å². The largest absolute Gasteiger partial charge is 0.480 e. The molecule has 0 saturated heterocycles. The van der Waals surface area contributed by atoms with Gasteiger partial charge in [0, 0.05) is 17.3 Å². The van der Waals surface area contributed by atoms with Crippen molar-refractivity contribution in [3.63, 3.8) is 0 Å². The van der Waals surface area contributed by atoms with Crippen LogP contribution in [0.25, 0.3) is 10.8 Å². The first kappa shape index (κ1) is 19.9. The first-order valence-electron chi connectivity index (χ1n) is 9.04. The number of carbonyl (C=O) groups is 1. The fraction of sp³-hybridized carbons (Fsp3) is 0.227. The predicted octanol–water partition coefficient (Wildman–Crippen LogP) is 3.83. The second-order valence-electron chi connectivity index (χ2n) is 6.80. The summed E-state index contributed by atoms with van der Waals surface area (Å²) in [6.07, 6.45) is 1.00. The summed E-state index contributed by atoms with van der Waals surface area (Å²) in [7, 11) is -2.99. The van der Waals surface area contributed by atoms with E-state index in [9.17, 15) is 13.2 Å². The summed E-state index contributed by atoms with van der Waals surface area (Å²) in [6, 6.07) is 20.8. The zero-order valence-electron chi connectivity index (χ0n) is 15.9. The summed E-state index contributed by atoms with van der Waals surface area (Å²) in [4.78, 5) is 12.5. The number of hydrogen-bond donors (Lipinski definition) is 1. The maximum atomic E-state index is 12.5. The van der Waals surface area contributed by atoms with Crippen LogP contribution in [0.3, 0.4) is 0 Å². The molecule has 0 aromatic heterocycles. The molecule has 0 aliphatic rings. The molecule has 0 saturated carbocycles. The average molecular weight is 397 g/mol. The summed E-state index contributed by atoms with van der Waals surface area (Å²) in [6.45, 7) is 1.71. The van der Waals surface area contributed by atoms with Crippen LogP contribution >= 0.6 is 0 Å². The summed E-state index contributed by atoms with van der Waals surface area (Å²) in [5.41, 5.74) is 1.55. The Hall–Kier alpha value is -2.86. The third-order valence-electron chi connectivity index (χ3n) is 4.41. The van der Waals surface area contributed by atoms with Gasteiger partial charge >= 0.3 is 0 Å². The molecular formula is C22H23NO4S. The van der Waals surface area contributed by atoms with E-state index < -0.39 is 15.9 Å². The van der Waals surface area contributed by atoms with Gasteiger partial charge in [0.1, 0.15) is 15.6 Å². The van der Waals surface area contributed by atoms with Crippen molar-refractivity contribution < 1.29 is 17.9 Å². The number of anilines is 1. The number of aryl methyl sites for hydroxylation is 1. The molecule has 146 valence electrons. The van der Waals surface area contributed by atoms with E-state index in [2.05, 4.69) is 5.32 Å². The summed E-state index contributed by atoms with van der Waals surface area (Å²) >= 11 is 0. The lowest BCUT2D eigenvalue weighted by Gasteiger charge is -2.16. The molecule has 0 bridgehead atoms. The quantitative estimate of drug-likeness (QED) is 0.658. The van der Waals surface area contributed by atoms with E-state index in [0.717, 1.165) is 16.3 Å². The molecule has 1 amide bonds. The van der Waals surface area contributed by atoms with Gasteiger partial charge in [-0.15, -0.1) is 0 Å². The fourth-order valence-electron chi connectivity index (χ4n) is 2.84. The van der Waals surface area contributed by atoms with Crippen LogP contribution in [-0.4, -0.2) is 32.4 Å². The Morgan fingerprint density at radius 3 is 2.39 bits per heavy atom. The van der Waals surface area contributed by atoms with Crippen LogP contribution in [0.4, 0.5) is 5.69 Å². The van der Waals surface area contributed by atoms with E-state index in [1.807, 2.05) is 54.6 Å². The highest BCUT2D eigenvalue weighted by Crippen LogP contribution is 2.26. The maximum absolute atomic E-state index is 12.5. The Bertz CT molecular complexity index is 1070. The minimum Gasteiger partial charge on any atom is -0.480 e. The first-order valence-corrected chi connectivity index (χ1v) is 11.1. The molecule has 1 atom stereocenters. The van der Waals surface area contributed by atoms with Crippen molar-refractivity contribution in [2.24, 2.45) is 0 Å². The smallest absolute Gasteiger partial charge is 0.265 e. The lowest BCUT2D eigenvalue weighted by molar-refractivity contribution is -0.122. The number of benzene rings is 3. The second-order valence-corrected chi connectivity index (χ2v) is 9.06. The highest BCUT2D eigenvalue weighted by atomic mass is 32.2. The molecule has 3 rings (SSSR count). The van der Waals surface area contributed by atoms with Gasteiger partial charge < -0.3 is 10.1 Å². The SMILES string of the molecule is C[C@H](Oc1cccc2ccccc12)C(=O)Nc1ccc(CCS(C)(=O)=O)cc1. The molecule has 1 N–H and O–H groups in total. The molecule has 0 unspecified atom stereocenters. The summed E-state index contributed by atoms with van der Waals surface area (Å²) in [5, 5.41) is 4.84. The van der Waals surface area contributed by atoms with Crippen molar-refractivity contribution in [2.75, 3.05) is 17.3 Å². The van der Waals surface area contributed by atoms with Gasteiger partial charge in [-0.3, -0.25) is 4.79 Å². The first-order chi connectivity index (χ1) is 13.3. The van der Waals surface area contributed by atoms with Crippen LogP contribution in [0.5, 0.6) is 5.75 Å². The van der Waals surface area contributed by atoms with Crippen LogP contribution in [0, 0.1) is 0 Å². The molecular weight excluding hydrogens is 374 g/mol. The Morgan fingerprint density at radius 2 is 1.68 bits per heavy atom. The molecule has 6 heteroatoms. The van der Waals surface area contributed by atoms with Crippen molar-refractivity contribution in [1.29, 1.82) is 0 Å². The molecule has 3 aromatic carbocycles. The molecule has 3 aromatic rings. The molecule has 0 aliphatic carbocycles. The topological polar surface area (TPSA) is 72.5 Å². The van der Waals surface area contributed by atoms with E-state index in [1.54, 1.807) is 19.1 Å². The standard InChI is InChI=1S/C22H23NO4S/c1-16(27-21-9-5-7-18-6-3-4-8-20(18)21)22(24)23-19-12-10-17(11-13-19)14-15-28(2,25)26/h3-13,16H,14-15H2,1-2H3,(H,23,24)/t16-/m0/s1. The van der Waals surface area contributed by atoms with Gasteiger partial charge in [-0.25, -0.2) is 8.42 Å². The van der Waals surface area contributed by atoms with Crippen LogP contribution in [-0.2, 0) is 21.1 Å². The Balaban J connectivity index is 1.62. The average Bonchev–Trinajstić information content (AvgIpc) is 2.67. The predicted molar refractivity (Wildman–Crippen MR) is 113 cm³/mol. The van der Waals surface area contributed by atoms with Crippen LogP contribution in [0.2, 0.25) is 0 Å². The lowest BCUT2D eigenvalue weighted by atomic mass is 10.1. The summed E-state index contributed by atoms with van der Waals surface area (Å²) in [5.74, 6) is 0.517. The molecule has 28 heavy (non-hydrogen) atoms. The van der Waals surface area contributed by atoms with Crippen molar-refractivity contribution in [2.45, 2.75) is 19.4 Å². The second kappa shape index (κ2) is 8.44. The molecule has 5 nitrogen and oxygen atoms in total. The van der Waals surface area contributed by atoms with Gasteiger partial charge in [-0.2, -0.15) is 0 Å². The number of carbonyl (C=O) groups excluding carboxylic acids is 1. The number of amides is 1. The van der Waals surface area contributed by atoms with Gasteiger partial charge in [0.25, 0.3) is 5.91 Å². The van der Waals surface area contributed by atoms with Crippen LogP contribution in [0.15, 0.2) is 66.7 Å². The van der Waals surface area contributed by atoms with Gasteiger partial charge in [-0.1, -0.05) is 48.5 Å². The minimum absolute atomic E-state index is 0.106. The Morgan fingerprint density at radius 1 is 1.00 bits per heavy atom. The van der Waals surface area contributed by atoms with E-state index in [-0.39, 0.29) is 11.7 Å². The molecule has 0 fully saturated rings. The van der Waals surface area contributed by atoms with Gasteiger partial charge in [-0.05, 0) is 42.5 Å². The van der Waals surface area contributed by atoms with Crippen molar-refractivity contribution in [3.05, 3.63) is 72.3 Å². The molecule has 0 aliphatic heterocycles. The zero-order valence-corrected chi connectivity index (χ0v) is 16.7. The van der Waals surface area contributed by atoms with Crippen molar-refractivity contribution in [3.8, 4) is 5.75 Å². The zero-order chi connectivity index (χ0) is 20.1. The number of fused-ring (bicyclic) bond motifs is 1. The van der Waals surface area contributed by atoms with E-state index in [1.165, 1.54) is 6.26 Å². The van der Waals surface area contributed by atoms with E-state index in [4.69, 9.17) is 4.74 Å². The van der Waals surface area contributed by atoms with Gasteiger partial charge in [0.2, 0.25) is 0 Å². The maximum Gasteiger partial charge on any atom is 0.265 e.